The van der Waals surface area contributed by atoms with Crippen molar-refractivity contribution in [2.45, 2.75) is 38.1 Å². The fraction of sp³-hybridized carbons (Fsp3) is 0.667. The number of carboxylic acids is 1. The zero-order chi connectivity index (χ0) is 15.7. The average molecular weight is 308 g/mol. The van der Waals surface area contributed by atoms with E-state index in [0.717, 1.165) is 24.4 Å². The average Bonchev–Trinajstić information content (AvgIpc) is 2.94. The van der Waals surface area contributed by atoms with Gasteiger partial charge in [0.15, 0.2) is 5.69 Å². The van der Waals surface area contributed by atoms with Crippen molar-refractivity contribution in [2.75, 3.05) is 20.3 Å². The summed E-state index contributed by atoms with van der Waals surface area (Å²) in [5.74, 6) is -0.499. The van der Waals surface area contributed by atoms with Gasteiger partial charge < -0.3 is 19.1 Å². The van der Waals surface area contributed by atoms with Gasteiger partial charge in [-0.3, -0.25) is 4.79 Å². The van der Waals surface area contributed by atoms with E-state index in [4.69, 9.17) is 9.47 Å². The highest BCUT2D eigenvalue weighted by molar-refractivity contribution is 5.87. The van der Waals surface area contributed by atoms with Crippen molar-refractivity contribution >= 4 is 11.9 Å². The maximum absolute atomic E-state index is 11.8. The van der Waals surface area contributed by atoms with Crippen molar-refractivity contribution < 1.29 is 24.2 Å². The van der Waals surface area contributed by atoms with Gasteiger partial charge in [-0.2, -0.15) is 0 Å². The van der Waals surface area contributed by atoms with Crippen molar-refractivity contribution in [3.63, 3.8) is 0 Å². The molecule has 7 nitrogen and oxygen atoms in total. The highest BCUT2D eigenvalue weighted by Crippen LogP contribution is 2.32. The fourth-order valence-corrected chi connectivity index (χ4v) is 3.38. The van der Waals surface area contributed by atoms with Crippen LogP contribution >= 0.6 is 0 Å². The van der Waals surface area contributed by atoms with Gasteiger partial charge in [0.1, 0.15) is 5.82 Å². The second-order valence-corrected chi connectivity index (χ2v) is 5.83. The van der Waals surface area contributed by atoms with Gasteiger partial charge in [0.2, 0.25) is 0 Å². The van der Waals surface area contributed by atoms with Gasteiger partial charge in [0.25, 0.3) is 0 Å². The van der Waals surface area contributed by atoms with E-state index in [9.17, 15) is 14.7 Å². The summed E-state index contributed by atoms with van der Waals surface area (Å²) in [5.41, 5.74) is 0.860. The molecule has 0 radical (unpaired) electrons. The maximum Gasteiger partial charge on any atom is 0.356 e. The molecule has 120 valence electrons. The molecule has 0 saturated carbocycles. The van der Waals surface area contributed by atoms with E-state index in [1.165, 1.54) is 7.11 Å². The highest BCUT2D eigenvalue weighted by Gasteiger charge is 2.34. The highest BCUT2D eigenvalue weighted by atomic mass is 16.5. The maximum atomic E-state index is 11.8. The van der Waals surface area contributed by atoms with Crippen LogP contribution in [0.3, 0.4) is 0 Å². The summed E-state index contributed by atoms with van der Waals surface area (Å²) in [4.78, 5) is 27.7. The van der Waals surface area contributed by atoms with Gasteiger partial charge in [-0.15, -0.1) is 0 Å². The number of ether oxygens (including phenoxy) is 2. The lowest BCUT2D eigenvalue weighted by molar-refractivity contribution is -0.146. The van der Waals surface area contributed by atoms with Crippen LogP contribution in [0.1, 0.15) is 47.2 Å². The summed E-state index contributed by atoms with van der Waals surface area (Å²) in [6, 6.07) is 0. The molecule has 1 aromatic heterocycles. The van der Waals surface area contributed by atoms with E-state index in [0.29, 0.717) is 32.6 Å². The summed E-state index contributed by atoms with van der Waals surface area (Å²) < 4.78 is 12.1. The number of carbonyl (C=O) groups is 2. The predicted octanol–water partition coefficient (Wildman–Crippen LogP) is 1.21. The van der Waals surface area contributed by atoms with Crippen LogP contribution in [0.5, 0.6) is 0 Å². The SMILES string of the molecule is COC(=O)C1CCc2c(C(=O)O)nc(C3CCOCC3)n2C1. The van der Waals surface area contributed by atoms with Gasteiger partial charge in [-0.05, 0) is 25.7 Å². The van der Waals surface area contributed by atoms with E-state index in [1.807, 2.05) is 4.57 Å². The van der Waals surface area contributed by atoms with Gasteiger partial charge >= 0.3 is 11.9 Å². The zero-order valence-electron chi connectivity index (χ0n) is 12.6. The Labute approximate surface area is 128 Å². The summed E-state index contributed by atoms with van der Waals surface area (Å²) in [5, 5.41) is 9.38. The summed E-state index contributed by atoms with van der Waals surface area (Å²) in [7, 11) is 1.38. The molecule has 1 aromatic rings. The number of imidazole rings is 1. The number of hydrogen-bond donors (Lipinski definition) is 1. The third-order valence-corrected chi connectivity index (χ3v) is 4.56. The number of hydrogen-bond acceptors (Lipinski definition) is 5. The number of fused-ring (bicyclic) bond motifs is 1. The molecule has 2 aliphatic rings. The lowest BCUT2D eigenvalue weighted by Crippen LogP contribution is -2.30. The van der Waals surface area contributed by atoms with Gasteiger partial charge in [-0.25, -0.2) is 9.78 Å². The van der Waals surface area contributed by atoms with Crippen LogP contribution in [0.15, 0.2) is 0 Å². The van der Waals surface area contributed by atoms with Gasteiger partial charge in [0.05, 0.1) is 18.7 Å². The van der Waals surface area contributed by atoms with Crippen molar-refractivity contribution in [3.05, 3.63) is 17.2 Å². The molecule has 3 heterocycles. The Morgan fingerprint density at radius 3 is 2.68 bits per heavy atom. The molecule has 1 fully saturated rings. The van der Waals surface area contributed by atoms with Crippen LogP contribution in [0.25, 0.3) is 0 Å². The van der Waals surface area contributed by atoms with Crippen molar-refractivity contribution in [3.8, 4) is 0 Å². The summed E-state index contributed by atoms with van der Waals surface area (Å²) in [6.07, 6.45) is 2.81. The van der Waals surface area contributed by atoms with E-state index in [-0.39, 0.29) is 23.5 Å². The lowest BCUT2D eigenvalue weighted by atomic mass is 9.95. The number of aromatic nitrogens is 2. The van der Waals surface area contributed by atoms with Crippen LogP contribution in [0.4, 0.5) is 0 Å². The topological polar surface area (TPSA) is 90.7 Å². The van der Waals surface area contributed by atoms with E-state index >= 15 is 0 Å². The first-order chi connectivity index (χ1) is 10.6. The van der Waals surface area contributed by atoms with Gasteiger partial charge in [-0.1, -0.05) is 0 Å². The van der Waals surface area contributed by atoms with Gasteiger partial charge in [0, 0.05) is 25.7 Å². The molecule has 0 bridgehead atoms. The second-order valence-electron chi connectivity index (χ2n) is 5.83. The molecular formula is C15H20N2O5. The zero-order valence-corrected chi connectivity index (χ0v) is 12.6. The first-order valence-electron chi connectivity index (χ1n) is 7.60. The molecule has 1 N–H and O–H groups in total. The molecule has 3 rings (SSSR count). The fourth-order valence-electron chi connectivity index (χ4n) is 3.38. The number of nitrogens with zero attached hydrogens (tertiary/aromatic N) is 2. The minimum Gasteiger partial charge on any atom is -0.476 e. The Bertz CT molecular complexity index is 589. The predicted molar refractivity (Wildman–Crippen MR) is 75.8 cm³/mol. The largest absolute Gasteiger partial charge is 0.476 e. The van der Waals surface area contributed by atoms with Crippen molar-refractivity contribution in [1.82, 2.24) is 9.55 Å². The Kier molecular flexibility index (Phi) is 4.15. The third-order valence-electron chi connectivity index (χ3n) is 4.56. The normalized spacial score (nSPS) is 22.1. The van der Waals surface area contributed by atoms with Crippen LogP contribution in [0.2, 0.25) is 0 Å². The molecule has 0 spiro atoms. The van der Waals surface area contributed by atoms with Crippen molar-refractivity contribution in [1.29, 1.82) is 0 Å². The van der Waals surface area contributed by atoms with Crippen LogP contribution in [-0.4, -0.2) is 46.9 Å². The molecule has 1 unspecified atom stereocenters. The van der Waals surface area contributed by atoms with E-state index in [2.05, 4.69) is 4.98 Å². The number of methoxy groups -OCH3 is 1. The Balaban J connectivity index is 1.96. The summed E-state index contributed by atoms with van der Waals surface area (Å²) in [6.45, 7) is 1.78. The number of esters is 1. The Hall–Kier alpha value is -1.89. The molecule has 2 aliphatic heterocycles. The smallest absolute Gasteiger partial charge is 0.356 e. The third kappa shape index (κ3) is 2.61. The Morgan fingerprint density at radius 2 is 2.05 bits per heavy atom. The monoisotopic (exact) mass is 308 g/mol. The first kappa shape index (κ1) is 15.0. The van der Waals surface area contributed by atoms with E-state index < -0.39 is 5.97 Å². The molecule has 1 saturated heterocycles. The molecule has 22 heavy (non-hydrogen) atoms. The number of carbonyl (C=O) groups excluding carboxylic acids is 1. The summed E-state index contributed by atoms with van der Waals surface area (Å²) >= 11 is 0. The quantitative estimate of drug-likeness (QED) is 0.844. The molecule has 0 amide bonds. The number of aromatic carboxylic acids is 1. The van der Waals surface area contributed by atoms with Crippen LogP contribution in [0, 0.1) is 5.92 Å². The first-order valence-corrected chi connectivity index (χ1v) is 7.60. The number of rotatable bonds is 3. The number of carboxylic acid groups (broad SMARTS) is 1. The molecule has 0 aliphatic carbocycles. The molecular weight excluding hydrogens is 288 g/mol. The Morgan fingerprint density at radius 1 is 1.32 bits per heavy atom. The van der Waals surface area contributed by atoms with Crippen molar-refractivity contribution in [2.24, 2.45) is 5.92 Å². The lowest BCUT2D eigenvalue weighted by Gasteiger charge is -2.27. The minimum atomic E-state index is -1.00. The molecule has 0 aromatic carbocycles. The van der Waals surface area contributed by atoms with Crippen LogP contribution in [-0.2, 0) is 27.2 Å². The van der Waals surface area contributed by atoms with E-state index in [1.54, 1.807) is 0 Å². The second kappa shape index (κ2) is 6.08. The molecule has 7 heteroatoms. The van der Waals surface area contributed by atoms with Crippen LogP contribution < -0.4 is 0 Å². The molecule has 1 atom stereocenters. The minimum absolute atomic E-state index is 0.129. The standard InChI is InChI=1S/C15H20N2O5/c1-21-15(20)10-2-3-11-12(14(18)19)16-13(17(11)8-10)9-4-6-22-7-5-9/h9-10H,2-8H2,1H3,(H,18,19).